The number of nitrogens with zero attached hydrogens (tertiary/aromatic N) is 4. The Hall–Kier alpha value is -2.26. The number of aromatic nitrogens is 4. The molecular formula is C16H13ClF2N4O2S. The average molecular weight is 399 g/mol. The number of halogens is 3. The number of rotatable bonds is 7. The molecule has 0 saturated heterocycles. The fraction of sp³-hybridized carbons (Fsp3) is 0.250. The maximum Gasteiger partial charge on any atom is 0.400 e. The lowest BCUT2D eigenvalue weighted by Crippen LogP contribution is -2.03. The number of Topliss-reactive ketones (excluding diaryl/α,β-unsaturated/α-hetero) is 1. The Kier molecular flexibility index (Phi) is 5.38. The average Bonchev–Trinajstić information content (AvgIpc) is 3.24. The van der Waals surface area contributed by atoms with Crippen molar-refractivity contribution in [2.24, 2.45) is 7.05 Å². The molecule has 10 heteroatoms. The lowest BCUT2D eigenvalue weighted by Gasteiger charge is -2.02. The zero-order valence-electron chi connectivity index (χ0n) is 13.5. The zero-order chi connectivity index (χ0) is 18.7. The van der Waals surface area contributed by atoms with E-state index in [0.717, 1.165) is 5.56 Å². The molecule has 0 amide bonds. The summed E-state index contributed by atoms with van der Waals surface area (Å²) >= 11 is 6.33. The SMILES string of the molecule is Cn1cc(CSCC(=O)c2ccc(-c3noc(C(F)(F)Cl)n3)cc2)cn1. The number of aryl methyl sites for hydroxylation is 1. The molecule has 3 aromatic rings. The number of carbonyl (C=O) groups excluding carboxylic acids is 1. The third kappa shape index (κ3) is 4.47. The van der Waals surface area contributed by atoms with Gasteiger partial charge in [0.2, 0.25) is 5.82 Å². The third-order valence-corrected chi connectivity index (χ3v) is 4.56. The molecule has 0 N–H and O–H groups in total. The summed E-state index contributed by atoms with van der Waals surface area (Å²) in [5.41, 5.74) is 2.00. The van der Waals surface area contributed by atoms with Crippen LogP contribution in [-0.4, -0.2) is 31.5 Å². The Bertz CT molecular complexity index is 906. The molecule has 3 rings (SSSR count). The molecule has 0 aliphatic rings. The van der Waals surface area contributed by atoms with Gasteiger partial charge in [0, 0.05) is 30.1 Å². The van der Waals surface area contributed by atoms with Gasteiger partial charge in [-0.05, 0) is 17.2 Å². The van der Waals surface area contributed by atoms with Gasteiger partial charge in [0.15, 0.2) is 5.78 Å². The maximum atomic E-state index is 12.9. The van der Waals surface area contributed by atoms with Crippen LogP contribution in [0.1, 0.15) is 21.8 Å². The van der Waals surface area contributed by atoms with Crippen LogP contribution >= 0.6 is 23.4 Å². The first-order chi connectivity index (χ1) is 12.3. The van der Waals surface area contributed by atoms with Crippen molar-refractivity contribution in [3.8, 4) is 11.4 Å². The molecule has 0 unspecified atom stereocenters. The molecule has 0 aliphatic heterocycles. The second-order valence-corrected chi connectivity index (χ2v) is 6.90. The zero-order valence-corrected chi connectivity index (χ0v) is 15.1. The van der Waals surface area contributed by atoms with Gasteiger partial charge in [-0.25, -0.2) is 0 Å². The highest BCUT2D eigenvalue weighted by atomic mass is 35.5. The van der Waals surface area contributed by atoms with E-state index in [1.165, 1.54) is 11.8 Å². The van der Waals surface area contributed by atoms with Crippen LogP contribution in [0.25, 0.3) is 11.4 Å². The molecule has 1 aromatic carbocycles. The van der Waals surface area contributed by atoms with Crippen molar-refractivity contribution in [3.63, 3.8) is 0 Å². The van der Waals surface area contributed by atoms with Crippen LogP contribution in [0.2, 0.25) is 0 Å². The Balaban J connectivity index is 1.60. The second kappa shape index (κ2) is 7.55. The number of thioether (sulfide) groups is 1. The lowest BCUT2D eigenvalue weighted by atomic mass is 10.1. The molecule has 0 radical (unpaired) electrons. The molecule has 136 valence electrons. The smallest absolute Gasteiger partial charge is 0.331 e. The van der Waals surface area contributed by atoms with Crippen LogP contribution in [0.5, 0.6) is 0 Å². The molecule has 26 heavy (non-hydrogen) atoms. The minimum atomic E-state index is -3.72. The van der Waals surface area contributed by atoms with Gasteiger partial charge in [-0.2, -0.15) is 18.9 Å². The first-order valence-electron chi connectivity index (χ1n) is 7.43. The van der Waals surface area contributed by atoms with E-state index in [9.17, 15) is 13.6 Å². The summed E-state index contributed by atoms with van der Waals surface area (Å²) in [7, 11) is 1.84. The summed E-state index contributed by atoms with van der Waals surface area (Å²) in [6.45, 7) is 0. The first kappa shape index (κ1) is 18.5. The standard InChI is InChI=1S/C16H13ClF2N4O2S/c1-23-7-10(6-20-23)8-26-9-13(24)11-2-4-12(5-3-11)14-21-15(25-22-14)16(17,18)19/h2-7H,8-9H2,1H3. The Morgan fingerprint density at radius 1 is 1.35 bits per heavy atom. The monoisotopic (exact) mass is 398 g/mol. The largest absolute Gasteiger partial charge is 0.400 e. The van der Waals surface area contributed by atoms with Crippen molar-refractivity contribution in [2.45, 2.75) is 11.1 Å². The first-order valence-corrected chi connectivity index (χ1v) is 8.96. The highest BCUT2D eigenvalue weighted by molar-refractivity contribution is 7.99. The molecule has 0 saturated carbocycles. The van der Waals surface area contributed by atoms with E-state index < -0.39 is 11.3 Å². The molecule has 6 nitrogen and oxygen atoms in total. The molecule has 0 bridgehead atoms. The number of benzene rings is 1. The molecule has 0 spiro atoms. The summed E-state index contributed by atoms with van der Waals surface area (Å²) < 4.78 is 32.0. The van der Waals surface area contributed by atoms with Crippen molar-refractivity contribution in [3.05, 3.63) is 53.7 Å². The summed E-state index contributed by atoms with van der Waals surface area (Å²) in [6.07, 6.45) is 3.66. The van der Waals surface area contributed by atoms with Gasteiger partial charge in [-0.3, -0.25) is 9.48 Å². The molecule has 0 atom stereocenters. The number of ketones is 1. The van der Waals surface area contributed by atoms with E-state index in [1.54, 1.807) is 35.1 Å². The molecule has 0 fully saturated rings. The van der Waals surface area contributed by atoms with Gasteiger partial charge in [-0.1, -0.05) is 29.4 Å². The van der Waals surface area contributed by atoms with Gasteiger partial charge in [0.1, 0.15) is 0 Å². The molecular weight excluding hydrogens is 386 g/mol. The Morgan fingerprint density at radius 2 is 2.08 bits per heavy atom. The van der Waals surface area contributed by atoms with E-state index in [4.69, 9.17) is 11.6 Å². The van der Waals surface area contributed by atoms with Crippen molar-refractivity contribution >= 4 is 29.1 Å². The van der Waals surface area contributed by atoms with Crippen LogP contribution < -0.4 is 0 Å². The van der Waals surface area contributed by atoms with E-state index >= 15 is 0 Å². The van der Waals surface area contributed by atoms with Gasteiger partial charge < -0.3 is 4.52 Å². The minimum Gasteiger partial charge on any atom is -0.331 e. The lowest BCUT2D eigenvalue weighted by molar-refractivity contribution is 0.0551. The van der Waals surface area contributed by atoms with Gasteiger partial charge in [0.25, 0.3) is 0 Å². The van der Waals surface area contributed by atoms with Crippen LogP contribution in [0.4, 0.5) is 8.78 Å². The van der Waals surface area contributed by atoms with Crippen LogP contribution in [0.15, 0.2) is 41.2 Å². The van der Waals surface area contributed by atoms with Gasteiger partial charge in [0.05, 0.1) is 11.9 Å². The van der Waals surface area contributed by atoms with Crippen molar-refractivity contribution < 1.29 is 18.1 Å². The van der Waals surface area contributed by atoms with E-state index in [1.807, 2.05) is 13.2 Å². The van der Waals surface area contributed by atoms with E-state index in [0.29, 0.717) is 22.6 Å². The number of carbonyl (C=O) groups is 1. The van der Waals surface area contributed by atoms with Gasteiger partial charge in [-0.15, -0.1) is 11.8 Å². The number of hydrogen-bond donors (Lipinski definition) is 0. The van der Waals surface area contributed by atoms with Crippen LogP contribution in [0.3, 0.4) is 0 Å². The third-order valence-electron chi connectivity index (χ3n) is 3.39. The van der Waals surface area contributed by atoms with Crippen LogP contribution in [-0.2, 0) is 18.2 Å². The summed E-state index contributed by atoms with van der Waals surface area (Å²) in [6, 6.07) is 6.33. The van der Waals surface area contributed by atoms with Crippen molar-refractivity contribution in [1.82, 2.24) is 19.9 Å². The van der Waals surface area contributed by atoms with Crippen LogP contribution in [0, 0.1) is 0 Å². The molecule has 0 aliphatic carbocycles. The highest BCUT2D eigenvalue weighted by Gasteiger charge is 2.35. The molecule has 2 aromatic heterocycles. The van der Waals surface area contributed by atoms with Crippen molar-refractivity contribution in [1.29, 1.82) is 0 Å². The Morgan fingerprint density at radius 3 is 2.65 bits per heavy atom. The fourth-order valence-electron chi connectivity index (χ4n) is 2.15. The van der Waals surface area contributed by atoms with Crippen molar-refractivity contribution in [2.75, 3.05) is 5.75 Å². The number of hydrogen-bond acceptors (Lipinski definition) is 6. The second-order valence-electron chi connectivity index (χ2n) is 5.44. The maximum absolute atomic E-state index is 12.9. The minimum absolute atomic E-state index is 0.0229. The fourth-order valence-corrected chi connectivity index (χ4v) is 3.07. The predicted octanol–water partition coefficient (Wildman–Crippen LogP) is 3.87. The normalized spacial score (nSPS) is 11.7. The highest BCUT2D eigenvalue weighted by Crippen LogP contribution is 2.32. The van der Waals surface area contributed by atoms with E-state index in [2.05, 4.69) is 19.8 Å². The summed E-state index contributed by atoms with van der Waals surface area (Å²) in [5, 5.41) is 3.82. The number of alkyl halides is 3. The predicted molar refractivity (Wildman–Crippen MR) is 93.2 cm³/mol. The Labute approximate surface area is 156 Å². The molecule has 2 heterocycles. The van der Waals surface area contributed by atoms with E-state index in [-0.39, 0.29) is 11.6 Å². The topological polar surface area (TPSA) is 73.8 Å². The quantitative estimate of drug-likeness (QED) is 0.444. The summed E-state index contributed by atoms with van der Waals surface area (Å²) in [4.78, 5) is 15.8. The summed E-state index contributed by atoms with van der Waals surface area (Å²) in [5.74, 6) is -0.0208. The van der Waals surface area contributed by atoms with Gasteiger partial charge >= 0.3 is 11.3 Å².